The zero-order valence-electron chi connectivity index (χ0n) is 11.3. The second-order valence-corrected chi connectivity index (χ2v) is 5.77. The van der Waals surface area contributed by atoms with Crippen molar-refractivity contribution in [1.29, 1.82) is 0 Å². The Hall–Kier alpha value is -1.35. The van der Waals surface area contributed by atoms with Crippen LogP contribution in [0.4, 0.5) is 10.1 Å². The van der Waals surface area contributed by atoms with Crippen LogP contribution in [0.2, 0.25) is 0 Å². The van der Waals surface area contributed by atoms with Crippen molar-refractivity contribution < 1.29 is 4.39 Å². The van der Waals surface area contributed by atoms with Crippen LogP contribution in [0.5, 0.6) is 0 Å². The number of nitrogens with one attached hydrogen (secondary N) is 1. The SMILES string of the molecule is Cc1ccc(C)c(C(C)Nc2ccc(Br)cc2F)c1. The molecular formula is C16H17BrFN. The Morgan fingerprint density at radius 2 is 1.84 bits per heavy atom. The van der Waals surface area contributed by atoms with E-state index in [1.54, 1.807) is 6.07 Å². The Labute approximate surface area is 122 Å². The zero-order valence-corrected chi connectivity index (χ0v) is 12.9. The predicted molar refractivity (Wildman–Crippen MR) is 82.1 cm³/mol. The van der Waals surface area contributed by atoms with E-state index < -0.39 is 0 Å². The summed E-state index contributed by atoms with van der Waals surface area (Å²) in [6.45, 7) is 6.18. The molecule has 1 unspecified atom stereocenters. The molecule has 1 N–H and O–H groups in total. The number of benzene rings is 2. The fraction of sp³-hybridized carbons (Fsp3) is 0.250. The monoisotopic (exact) mass is 321 g/mol. The second-order valence-electron chi connectivity index (χ2n) is 4.85. The zero-order chi connectivity index (χ0) is 14.0. The number of halogens is 2. The van der Waals surface area contributed by atoms with Gasteiger partial charge in [-0.3, -0.25) is 0 Å². The van der Waals surface area contributed by atoms with Gasteiger partial charge in [0.05, 0.1) is 5.69 Å². The fourth-order valence-electron chi connectivity index (χ4n) is 2.14. The smallest absolute Gasteiger partial charge is 0.147 e. The van der Waals surface area contributed by atoms with Crippen LogP contribution in [0, 0.1) is 19.7 Å². The van der Waals surface area contributed by atoms with E-state index in [0.29, 0.717) is 5.69 Å². The molecule has 0 fully saturated rings. The van der Waals surface area contributed by atoms with E-state index in [0.717, 1.165) is 4.47 Å². The van der Waals surface area contributed by atoms with Gasteiger partial charge in [-0.25, -0.2) is 4.39 Å². The van der Waals surface area contributed by atoms with Gasteiger partial charge in [0.1, 0.15) is 5.82 Å². The summed E-state index contributed by atoms with van der Waals surface area (Å²) < 4.78 is 14.6. The van der Waals surface area contributed by atoms with Gasteiger partial charge in [-0.1, -0.05) is 39.7 Å². The molecule has 0 saturated carbocycles. The Bertz CT molecular complexity index is 595. The molecule has 0 aliphatic rings. The second kappa shape index (κ2) is 5.74. The molecule has 0 amide bonds. The third-order valence-electron chi connectivity index (χ3n) is 3.20. The minimum atomic E-state index is -0.244. The Balaban J connectivity index is 2.25. The van der Waals surface area contributed by atoms with Gasteiger partial charge in [0.15, 0.2) is 0 Å². The Morgan fingerprint density at radius 1 is 1.11 bits per heavy atom. The van der Waals surface area contributed by atoms with E-state index in [1.807, 2.05) is 13.0 Å². The summed E-state index contributed by atoms with van der Waals surface area (Å²) in [6, 6.07) is 11.5. The van der Waals surface area contributed by atoms with Crippen LogP contribution in [0.15, 0.2) is 40.9 Å². The molecule has 0 bridgehead atoms. The molecule has 0 spiro atoms. The molecule has 0 aliphatic carbocycles. The predicted octanol–water partition coefficient (Wildman–Crippen LogP) is 5.38. The van der Waals surface area contributed by atoms with Crippen molar-refractivity contribution in [2.45, 2.75) is 26.8 Å². The fourth-order valence-corrected chi connectivity index (χ4v) is 2.48. The lowest BCUT2D eigenvalue weighted by Gasteiger charge is -2.19. The van der Waals surface area contributed by atoms with Crippen LogP contribution in [-0.2, 0) is 0 Å². The van der Waals surface area contributed by atoms with Gasteiger partial charge in [-0.15, -0.1) is 0 Å². The lowest BCUT2D eigenvalue weighted by Crippen LogP contribution is -2.09. The quantitative estimate of drug-likeness (QED) is 0.800. The number of anilines is 1. The largest absolute Gasteiger partial charge is 0.376 e. The van der Waals surface area contributed by atoms with E-state index in [1.165, 1.54) is 22.8 Å². The first-order valence-corrected chi connectivity index (χ1v) is 7.05. The minimum Gasteiger partial charge on any atom is -0.376 e. The molecule has 2 aromatic rings. The summed E-state index contributed by atoms with van der Waals surface area (Å²) in [7, 11) is 0. The molecular weight excluding hydrogens is 305 g/mol. The maximum atomic E-state index is 13.8. The lowest BCUT2D eigenvalue weighted by molar-refractivity contribution is 0.626. The highest BCUT2D eigenvalue weighted by Gasteiger charge is 2.11. The van der Waals surface area contributed by atoms with Gasteiger partial charge in [-0.05, 0) is 50.1 Å². The number of rotatable bonds is 3. The van der Waals surface area contributed by atoms with Gasteiger partial charge >= 0.3 is 0 Å². The van der Waals surface area contributed by atoms with Crippen molar-refractivity contribution in [3.05, 3.63) is 63.4 Å². The normalized spacial score (nSPS) is 12.3. The third-order valence-corrected chi connectivity index (χ3v) is 3.70. The summed E-state index contributed by atoms with van der Waals surface area (Å²) >= 11 is 3.26. The summed E-state index contributed by atoms with van der Waals surface area (Å²) in [5.74, 6) is -0.244. The van der Waals surface area contributed by atoms with Crippen LogP contribution in [0.25, 0.3) is 0 Å². The first kappa shape index (κ1) is 14.1. The van der Waals surface area contributed by atoms with Gasteiger partial charge < -0.3 is 5.32 Å². The molecule has 3 heteroatoms. The Morgan fingerprint density at radius 3 is 2.53 bits per heavy atom. The minimum absolute atomic E-state index is 0.0653. The Kier molecular flexibility index (Phi) is 4.25. The lowest BCUT2D eigenvalue weighted by atomic mass is 10.00. The summed E-state index contributed by atoms with van der Waals surface area (Å²) in [5, 5.41) is 3.23. The van der Waals surface area contributed by atoms with Gasteiger partial charge in [0.2, 0.25) is 0 Å². The number of hydrogen-bond donors (Lipinski definition) is 1. The number of aryl methyl sites for hydroxylation is 2. The molecule has 0 saturated heterocycles. The summed E-state index contributed by atoms with van der Waals surface area (Å²) in [6.07, 6.45) is 0. The first-order valence-electron chi connectivity index (χ1n) is 6.26. The molecule has 1 atom stereocenters. The first-order chi connectivity index (χ1) is 8.97. The van der Waals surface area contributed by atoms with E-state index >= 15 is 0 Å². The highest BCUT2D eigenvalue weighted by atomic mass is 79.9. The molecule has 0 aromatic heterocycles. The third kappa shape index (κ3) is 3.35. The van der Waals surface area contributed by atoms with Crippen molar-refractivity contribution in [2.24, 2.45) is 0 Å². The van der Waals surface area contributed by atoms with Crippen LogP contribution < -0.4 is 5.32 Å². The molecule has 0 aliphatic heterocycles. The van der Waals surface area contributed by atoms with Gasteiger partial charge in [0.25, 0.3) is 0 Å². The molecule has 1 nitrogen and oxygen atoms in total. The maximum Gasteiger partial charge on any atom is 0.147 e. The van der Waals surface area contributed by atoms with Crippen molar-refractivity contribution in [3.8, 4) is 0 Å². The van der Waals surface area contributed by atoms with E-state index in [4.69, 9.17) is 0 Å². The van der Waals surface area contributed by atoms with Crippen molar-refractivity contribution in [3.63, 3.8) is 0 Å². The van der Waals surface area contributed by atoms with Crippen LogP contribution in [0.1, 0.15) is 29.7 Å². The van der Waals surface area contributed by atoms with Gasteiger partial charge in [0, 0.05) is 10.5 Å². The van der Waals surface area contributed by atoms with Crippen LogP contribution in [0.3, 0.4) is 0 Å². The molecule has 0 heterocycles. The number of hydrogen-bond acceptors (Lipinski definition) is 1. The average Bonchev–Trinajstić information content (AvgIpc) is 2.35. The summed E-state index contributed by atoms with van der Waals surface area (Å²) in [4.78, 5) is 0. The van der Waals surface area contributed by atoms with Crippen molar-refractivity contribution in [1.82, 2.24) is 0 Å². The molecule has 19 heavy (non-hydrogen) atoms. The van der Waals surface area contributed by atoms with Gasteiger partial charge in [-0.2, -0.15) is 0 Å². The van der Waals surface area contributed by atoms with Crippen LogP contribution in [-0.4, -0.2) is 0 Å². The van der Waals surface area contributed by atoms with E-state index in [-0.39, 0.29) is 11.9 Å². The summed E-state index contributed by atoms with van der Waals surface area (Å²) in [5.41, 5.74) is 4.15. The highest BCUT2D eigenvalue weighted by molar-refractivity contribution is 9.10. The molecule has 100 valence electrons. The topological polar surface area (TPSA) is 12.0 Å². The van der Waals surface area contributed by atoms with E-state index in [9.17, 15) is 4.39 Å². The van der Waals surface area contributed by atoms with Crippen molar-refractivity contribution in [2.75, 3.05) is 5.32 Å². The standard InChI is InChI=1S/C16H17BrFN/c1-10-4-5-11(2)14(8-10)12(3)19-16-7-6-13(17)9-15(16)18/h4-9,12,19H,1-3H3. The maximum absolute atomic E-state index is 13.8. The van der Waals surface area contributed by atoms with Crippen LogP contribution >= 0.6 is 15.9 Å². The highest BCUT2D eigenvalue weighted by Crippen LogP contribution is 2.26. The molecule has 2 rings (SSSR count). The van der Waals surface area contributed by atoms with E-state index in [2.05, 4.69) is 53.3 Å². The average molecular weight is 322 g/mol. The van der Waals surface area contributed by atoms with Crippen molar-refractivity contribution >= 4 is 21.6 Å². The molecule has 2 aromatic carbocycles. The molecule has 0 radical (unpaired) electrons.